The third-order valence-electron chi connectivity index (χ3n) is 3.84. The molecule has 0 fully saturated rings. The molecule has 0 atom stereocenters. The number of carbonyl (C=O) groups is 1. The Morgan fingerprint density at radius 2 is 1.71 bits per heavy atom. The van der Waals surface area contributed by atoms with Crippen molar-refractivity contribution in [3.8, 4) is 0 Å². The van der Waals surface area contributed by atoms with Gasteiger partial charge in [-0.1, -0.05) is 35.3 Å². The van der Waals surface area contributed by atoms with Gasteiger partial charge in [-0.25, -0.2) is 8.42 Å². The molecule has 0 radical (unpaired) electrons. The van der Waals surface area contributed by atoms with Gasteiger partial charge >= 0.3 is 0 Å². The van der Waals surface area contributed by atoms with Crippen LogP contribution in [0.2, 0.25) is 10.0 Å². The topological polar surface area (TPSA) is 75.3 Å². The molecule has 0 bridgehead atoms. The zero-order chi connectivity index (χ0) is 20.1. The Labute approximate surface area is 177 Å². The van der Waals surface area contributed by atoms with Gasteiger partial charge in [-0.3, -0.25) is 9.52 Å². The number of amides is 1. The van der Waals surface area contributed by atoms with Gasteiger partial charge in [-0.2, -0.15) is 11.3 Å². The molecule has 0 spiro atoms. The van der Waals surface area contributed by atoms with Crippen LogP contribution in [-0.4, -0.2) is 14.3 Å². The van der Waals surface area contributed by atoms with Gasteiger partial charge in [0.25, 0.3) is 10.0 Å². The van der Waals surface area contributed by atoms with Crippen molar-refractivity contribution in [3.05, 3.63) is 80.5 Å². The molecule has 0 aliphatic carbocycles. The Balaban J connectivity index is 1.60. The first-order chi connectivity index (χ1) is 13.3. The lowest BCUT2D eigenvalue weighted by Crippen LogP contribution is -2.24. The van der Waals surface area contributed by atoms with E-state index in [0.717, 1.165) is 11.1 Å². The van der Waals surface area contributed by atoms with Crippen LogP contribution in [0.25, 0.3) is 0 Å². The molecule has 28 heavy (non-hydrogen) atoms. The third-order valence-corrected chi connectivity index (χ3v) is 6.69. The summed E-state index contributed by atoms with van der Waals surface area (Å²) in [5.74, 6) is -0.102. The summed E-state index contributed by atoms with van der Waals surface area (Å²) >= 11 is 13.3. The van der Waals surface area contributed by atoms with E-state index in [4.69, 9.17) is 23.2 Å². The normalized spacial score (nSPS) is 11.2. The maximum atomic E-state index is 12.4. The molecule has 0 unspecified atom stereocenters. The lowest BCUT2D eigenvalue weighted by atomic mass is 10.1. The van der Waals surface area contributed by atoms with Crippen LogP contribution in [0, 0.1) is 0 Å². The Morgan fingerprint density at radius 1 is 0.964 bits per heavy atom. The van der Waals surface area contributed by atoms with Crippen LogP contribution in [0.3, 0.4) is 0 Å². The molecule has 0 aliphatic rings. The summed E-state index contributed by atoms with van der Waals surface area (Å²) in [6.07, 6.45) is 0.212. The summed E-state index contributed by atoms with van der Waals surface area (Å²) in [6.45, 7) is 0.490. The lowest BCUT2D eigenvalue weighted by Gasteiger charge is -2.10. The van der Waals surface area contributed by atoms with Crippen molar-refractivity contribution in [1.29, 1.82) is 0 Å². The van der Waals surface area contributed by atoms with Crippen LogP contribution in [0.15, 0.2) is 64.2 Å². The number of carbonyl (C=O) groups excluding carboxylic acids is 1. The number of anilines is 1. The second-order valence-electron chi connectivity index (χ2n) is 5.96. The summed E-state index contributed by atoms with van der Waals surface area (Å²) in [5.41, 5.74) is 2.22. The summed E-state index contributed by atoms with van der Waals surface area (Å²) < 4.78 is 27.4. The van der Waals surface area contributed by atoms with Crippen molar-refractivity contribution >= 4 is 56.2 Å². The number of nitrogens with one attached hydrogen (secondary N) is 2. The highest BCUT2D eigenvalue weighted by molar-refractivity contribution is 7.92. The maximum Gasteiger partial charge on any atom is 0.261 e. The molecule has 2 aromatic carbocycles. The van der Waals surface area contributed by atoms with E-state index in [2.05, 4.69) is 10.0 Å². The van der Waals surface area contributed by atoms with Gasteiger partial charge in [0, 0.05) is 12.2 Å². The molecule has 2 N–H and O–H groups in total. The number of thiophene rings is 1. The van der Waals surface area contributed by atoms with Crippen LogP contribution in [0.4, 0.5) is 5.69 Å². The first-order valence-corrected chi connectivity index (χ1v) is 11.4. The minimum atomic E-state index is -3.79. The summed E-state index contributed by atoms with van der Waals surface area (Å²) in [4.78, 5) is 12.0. The minimum absolute atomic E-state index is 0.0128. The molecule has 3 rings (SSSR count). The smallest absolute Gasteiger partial charge is 0.261 e. The van der Waals surface area contributed by atoms with Crippen molar-refractivity contribution in [2.24, 2.45) is 0 Å². The molecule has 0 saturated heterocycles. The van der Waals surface area contributed by atoms with Gasteiger partial charge in [-0.05, 0) is 58.3 Å². The van der Waals surface area contributed by atoms with E-state index in [-0.39, 0.29) is 27.3 Å². The second kappa shape index (κ2) is 8.96. The number of halogens is 2. The van der Waals surface area contributed by atoms with Crippen molar-refractivity contribution in [1.82, 2.24) is 5.32 Å². The fraction of sp³-hybridized carbons (Fsp3) is 0.105. The Morgan fingerprint density at radius 3 is 2.36 bits per heavy atom. The Bertz CT molecular complexity index is 1070. The van der Waals surface area contributed by atoms with Crippen molar-refractivity contribution in [2.75, 3.05) is 4.72 Å². The van der Waals surface area contributed by atoms with Crippen LogP contribution in [0.5, 0.6) is 0 Å². The monoisotopic (exact) mass is 454 g/mol. The first-order valence-electron chi connectivity index (χ1n) is 8.18. The number of benzene rings is 2. The predicted octanol–water partition coefficient (Wildman–Crippen LogP) is 4.71. The summed E-state index contributed by atoms with van der Waals surface area (Å²) in [7, 11) is -3.79. The van der Waals surface area contributed by atoms with Crippen LogP contribution in [0.1, 0.15) is 11.1 Å². The summed E-state index contributed by atoms with van der Waals surface area (Å²) in [6, 6.07) is 12.7. The number of hydrogen-bond donors (Lipinski definition) is 2. The van der Waals surface area contributed by atoms with Crippen LogP contribution >= 0.6 is 34.5 Å². The zero-order valence-corrected chi connectivity index (χ0v) is 17.6. The molecule has 0 saturated carbocycles. The van der Waals surface area contributed by atoms with Gasteiger partial charge in [-0.15, -0.1) is 0 Å². The average Bonchev–Trinajstić information content (AvgIpc) is 3.17. The Kier molecular flexibility index (Phi) is 6.61. The van der Waals surface area contributed by atoms with Crippen molar-refractivity contribution in [3.63, 3.8) is 0 Å². The Hall–Kier alpha value is -2.06. The minimum Gasteiger partial charge on any atom is -0.352 e. The summed E-state index contributed by atoms with van der Waals surface area (Å²) in [5, 5.41) is 7.23. The number of hydrogen-bond acceptors (Lipinski definition) is 4. The average molecular weight is 455 g/mol. The molecule has 0 aliphatic heterocycles. The maximum absolute atomic E-state index is 12.4. The van der Waals surface area contributed by atoms with E-state index in [1.165, 1.54) is 18.2 Å². The molecule has 1 amide bonds. The molecule has 9 heteroatoms. The van der Waals surface area contributed by atoms with Gasteiger partial charge < -0.3 is 5.32 Å². The number of rotatable bonds is 7. The number of sulfonamides is 1. The van der Waals surface area contributed by atoms with E-state index in [1.807, 2.05) is 16.8 Å². The fourth-order valence-corrected chi connectivity index (χ4v) is 4.51. The van der Waals surface area contributed by atoms with Crippen LogP contribution < -0.4 is 10.0 Å². The third kappa shape index (κ3) is 5.48. The molecule has 3 aromatic rings. The molecule has 1 heterocycles. The van der Waals surface area contributed by atoms with Crippen LogP contribution in [-0.2, 0) is 27.8 Å². The van der Waals surface area contributed by atoms with E-state index in [0.29, 0.717) is 12.2 Å². The van der Waals surface area contributed by atoms with Gasteiger partial charge in [0.15, 0.2) is 0 Å². The highest BCUT2D eigenvalue weighted by Crippen LogP contribution is 2.26. The molecule has 5 nitrogen and oxygen atoms in total. The highest BCUT2D eigenvalue weighted by Gasteiger charge is 2.16. The van der Waals surface area contributed by atoms with Crippen molar-refractivity contribution < 1.29 is 13.2 Å². The van der Waals surface area contributed by atoms with Gasteiger partial charge in [0.1, 0.15) is 0 Å². The standard InChI is InChI=1S/C19H16Cl2N2O3S2/c20-17-6-5-16(10-18(17)21)28(25,26)23-15-3-1-13(2-4-15)9-19(24)22-11-14-7-8-27-12-14/h1-8,10,12,23H,9,11H2,(H,22,24). The predicted molar refractivity (Wildman–Crippen MR) is 114 cm³/mol. The zero-order valence-electron chi connectivity index (χ0n) is 14.5. The quantitative estimate of drug-likeness (QED) is 0.542. The largest absolute Gasteiger partial charge is 0.352 e. The van der Waals surface area contributed by atoms with Gasteiger partial charge in [0.05, 0.1) is 21.4 Å². The van der Waals surface area contributed by atoms with E-state index in [9.17, 15) is 13.2 Å². The molecule has 146 valence electrons. The van der Waals surface area contributed by atoms with E-state index >= 15 is 0 Å². The van der Waals surface area contributed by atoms with E-state index < -0.39 is 10.0 Å². The highest BCUT2D eigenvalue weighted by atomic mass is 35.5. The SMILES string of the molecule is O=C(Cc1ccc(NS(=O)(=O)c2ccc(Cl)c(Cl)c2)cc1)NCc1ccsc1. The lowest BCUT2D eigenvalue weighted by molar-refractivity contribution is -0.120. The van der Waals surface area contributed by atoms with E-state index in [1.54, 1.807) is 35.6 Å². The molecular weight excluding hydrogens is 439 g/mol. The second-order valence-corrected chi connectivity index (χ2v) is 9.24. The molecular formula is C19H16Cl2N2O3S2. The van der Waals surface area contributed by atoms with Crippen molar-refractivity contribution in [2.45, 2.75) is 17.9 Å². The molecule has 1 aromatic heterocycles. The van der Waals surface area contributed by atoms with Gasteiger partial charge in [0.2, 0.25) is 5.91 Å². The first kappa shape index (κ1) is 20.7. The fourth-order valence-electron chi connectivity index (χ4n) is 2.39.